The number of para-hydroxylation sites is 1. The number of nitrogens with one attached hydrogen (secondary N) is 1. The number of likely N-dealkylation sites (tertiary alicyclic amines) is 1. The van der Waals surface area contributed by atoms with Crippen LogP contribution in [0.1, 0.15) is 41.7 Å². The Labute approximate surface area is 183 Å². The first kappa shape index (κ1) is 20.2. The number of rotatable bonds is 5. The lowest BCUT2D eigenvalue weighted by Gasteiger charge is -2.39. The van der Waals surface area contributed by atoms with Crippen LogP contribution in [0.2, 0.25) is 0 Å². The normalized spacial score (nSPS) is 21.0. The summed E-state index contributed by atoms with van der Waals surface area (Å²) in [7, 11) is 1.94. The van der Waals surface area contributed by atoms with Crippen molar-refractivity contribution < 1.29 is 9.53 Å². The molecule has 1 unspecified atom stereocenters. The number of hydrogen-bond acceptors (Lipinski definition) is 4. The highest BCUT2D eigenvalue weighted by molar-refractivity contribution is 5.98. The second-order valence-corrected chi connectivity index (χ2v) is 8.95. The standard InChI is InChI=1S/C25H30N4O2/c1-28-22-5-3-2-4-20(22)16-23(28)24(30)27-17-21-6-9-25(31-21)10-14-29(15-11-25)18-19-7-12-26-13-8-19/h2-5,7-8,12-13,16,21H,6,9-11,14-15,17-18H2,1H3,(H,27,30). The number of carbonyl (C=O) groups excluding carboxylic acids is 1. The Morgan fingerprint density at radius 3 is 2.71 bits per heavy atom. The maximum Gasteiger partial charge on any atom is 0.268 e. The lowest BCUT2D eigenvalue weighted by Crippen LogP contribution is -2.44. The van der Waals surface area contributed by atoms with E-state index in [1.54, 1.807) is 0 Å². The molecule has 2 fully saturated rings. The van der Waals surface area contributed by atoms with Crippen LogP contribution in [0.4, 0.5) is 0 Å². The highest BCUT2D eigenvalue weighted by Gasteiger charge is 2.42. The molecular formula is C25H30N4O2. The van der Waals surface area contributed by atoms with Crippen LogP contribution >= 0.6 is 0 Å². The summed E-state index contributed by atoms with van der Waals surface area (Å²) in [5.41, 5.74) is 3.07. The first-order valence-corrected chi connectivity index (χ1v) is 11.2. The van der Waals surface area contributed by atoms with Gasteiger partial charge in [-0.15, -0.1) is 0 Å². The van der Waals surface area contributed by atoms with Crippen molar-refractivity contribution in [1.29, 1.82) is 0 Å². The third-order valence-electron chi connectivity index (χ3n) is 6.94. The molecule has 1 amide bonds. The van der Waals surface area contributed by atoms with E-state index in [1.807, 2.05) is 54.3 Å². The molecule has 5 rings (SSSR count). The third kappa shape index (κ3) is 4.23. The van der Waals surface area contributed by atoms with Gasteiger partial charge in [-0.25, -0.2) is 0 Å². The fourth-order valence-corrected chi connectivity index (χ4v) is 5.08. The SMILES string of the molecule is Cn1c(C(=O)NCC2CCC3(CCN(Cc4ccncc4)CC3)O2)cc2ccccc21. The maximum atomic E-state index is 12.8. The van der Waals surface area contributed by atoms with E-state index in [9.17, 15) is 4.79 Å². The summed E-state index contributed by atoms with van der Waals surface area (Å²) in [6.07, 6.45) is 8.04. The smallest absolute Gasteiger partial charge is 0.268 e. The highest BCUT2D eigenvalue weighted by atomic mass is 16.5. The molecule has 1 spiro atoms. The Morgan fingerprint density at radius 1 is 1.16 bits per heavy atom. The molecule has 162 valence electrons. The molecule has 0 bridgehead atoms. The Morgan fingerprint density at radius 2 is 1.94 bits per heavy atom. The molecule has 6 nitrogen and oxygen atoms in total. The minimum Gasteiger partial charge on any atom is -0.370 e. The van der Waals surface area contributed by atoms with Gasteiger partial charge >= 0.3 is 0 Å². The van der Waals surface area contributed by atoms with Crippen molar-refractivity contribution in [3.63, 3.8) is 0 Å². The van der Waals surface area contributed by atoms with Crippen LogP contribution < -0.4 is 5.32 Å². The summed E-state index contributed by atoms with van der Waals surface area (Å²) in [5, 5.41) is 4.19. The number of aryl methyl sites for hydroxylation is 1. The Kier molecular flexibility index (Phi) is 5.50. The van der Waals surface area contributed by atoms with Crippen molar-refractivity contribution in [2.24, 2.45) is 7.05 Å². The van der Waals surface area contributed by atoms with E-state index in [1.165, 1.54) is 5.56 Å². The number of pyridine rings is 1. The largest absolute Gasteiger partial charge is 0.370 e. The molecule has 2 saturated heterocycles. The molecule has 2 aliphatic heterocycles. The molecule has 3 aromatic rings. The van der Waals surface area contributed by atoms with Gasteiger partial charge in [0.1, 0.15) is 5.69 Å². The minimum atomic E-state index is -0.0320. The molecular weight excluding hydrogens is 388 g/mol. The summed E-state index contributed by atoms with van der Waals surface area (Å²) in [5.74, 6) is -0.0320. The molecule has 1 N–H and O–H groups in total. The number of piperidine rings is 1. The molecule has 1 aromatic carbocycles. The molecule has 31 heavy (non-hydrogen) atoms. The van der Waals surface area contributed by atoms with Crippen LogP contribution in [-0.4, -0.2) is 51.7 Å². The predicted molar refractivity (Wildman–Crippen MR) is 121 cm³/mol. The van der Waals surface area contributed by atoms with Gasteiger partial charge in [0.15, 0.2) is 0 Å². The van der Waals surface area contributed by atoms with Crippen molar-refractivity contribution in [3.8, 4) is 0 Å². The van der Waals surface area contributed by atoms with Gasteiger partial charge in [-0.3, -0.25) is 14.7 Å². The van der Waals surface area contributed by atoms with Gasteiger partial charge < -0.3 is 14.6 Å². The summed E-state index contributed by atoms with van der Waals surface area (Å²) in [6, 6.07) is 14.2. The van der Waals surface area contributed by atoms with Crippen molar-refractivity contribution >= 4 is 16.8 Å². The van der Waals surface area contributed by atoms with Gasteiger partial charge in [0.25, 0.3) is 5.91 Å². The summed E-state index contributed by atoms with van der Waals surface area (Å²) in [6.45, 7) is 3.65. The number of fused-ring (bicyclic) bond motifs is 1. The first-order valence-electron chi connectivity index (χ1n) is 11.2. The molecule has 6 heteroatoms. The van der Waals surface area contributed by atoms with Gasteiger partial charge in [0.05, 0.1) is 11.7 Å². The Balaban J connectivity index is 1.13. The summed E-state index contributed by atoms with van der Waals surface area (Å²) >= 11 is 0. The van der Waals surface area contributed by atoms with Crippen LogP contribution in [-0.2, 0) is 18.3 Å². The fraction of sp³-hybridized carbons (Fsp3) is 0.440. The van der Waals surface area contributed by atoms with E-state index in [-0.39, 0.29) is 17.6 Å². The summed E-state index contributed by atoms with van der Waals surface area (Å²) in [4.78, 5) is 19.4. The van der Waals surface area contributed by atoms with E-state index in [2.05, 4.69) is 27.3 Å². The van der Waals surface area contributed by atoms with Gasteiger partial charge in [0, 0.05) is 56.5 Å². The van der Waals surface area contributed by atoms with E-state index >= 15 is 0 Å². The lowest BCUT2D eigenvalue weighted by molar-refractivity contribution is -0.0764. The first-order chi connectivity index (χ1) is 15.1. The number of nitrogens with zero attached hydrogens (tertiary/aromatic N) is 3. The average Bonchev–Trinajstić information content (AvgIpc) is 3.36. The van der Waals surface area contributed by atoms with Crippen LogP contribution in [0, 0.1) is 0 Å². The fourth-order valence-electron chi connectivity index (χ4n) is 5.08. The van der Waals surface area contributed by atoms with Crippen molar-refractivity contribution in [3.05, 3.63) is 66.1 Å². The molecule has 0 saturated carbocycles. The van der Waals surface area contributed by atoms with Gasteiger partial charge in [0.2, 0.25) is 0 Å². The maximum absolute atomic E-state index is 12.8. The molecule has 0 radical (unpaired) electrons. The van der Waals surface area contributed by atoms with Gasteiger partial charge in [-0.05, 0) is 55.5 Å². The number of benzene rings is 1. The molecule has 2 aromatic heterocycles. The second-order valence-electron chi connectivity index (χ2n) is 8.95. The quantitative estimate of drug-likeness (QED) is 0.689. The number of carbonyl (C=O) groups is 1. The topological polar surface area (TPSA) is 59.4 Å². The second kappa shape index (κ2) is 8.44. The molecule has 4 heterocycles. The predicted octanol–water partition coefficient (Wildman–Crippen LogP) is 3.52. The third-order valence-corrected chi connectivity index (χ3v) is 6.94. The monoisotopic (exact) mass is 418 g/mol. The number of amides is 1. The molecule has 0 aliphatic carbocycles. The number of aromatic nitrogens is 2. The van der Waals surface area contributed by atoms with Gasteiger partial charge in [-0.1, -0.05) is 18.2 Å². The zero-order valence-corrected chi connectivity index (χ0v) is 18.1. The molecule has 1 atom stereocenters. The van der Waals surface area contributed by atoms with E-state index in [4.69, 9.17) is 4.74 Å². The minimum absolute atomic E-state index is 0.0101. The number of ether oxygens (including phenoxy) is 1. The highest BCUT2D eigenvalue weighted by Crippen LogP contribution is 2.39. The average molecular weight is 419 g/mol. The Bertz CT molecular complexity index is 1050. The van der Waals surface area contributed by atoms with E-state index in [0.29, 0.717) is 12.2 Å². The zero-order valence-electron chi connectivity index (χ0n) is 18.1. The van der Waals surface area contributed by atoms with Crippen molar-refractivity contribution in [2.75, 3.05) is 19.6 Å². The zero-order chi connectivity index (χ0) is 21.3. The van der Waals surface area contributed by atoms with Crippen molar-refractivity contribution in [1.82, 2.24) is 19.8 Å². The van der Waals surface area contributed by atoms with E-state index in [0.717, 1.165) is 56.2 Å². The number of hydrogen-bond donors (Lipinski definition) is 1. The van der Waals surface area contributed by atoms with Crippen LogP contribution in [0.25, 0.3) is 10.9 Å². The van der Waals surface area contributed by atoms with Crippen LogP contribution in [0.3, 0.4) is 0 Å². The van der Waals surface area contributed by atoms with Gasteiger partial charge in [-0.2, -0.15) is 0 Å². The van der Waals surface area contributed by atoms with E-state index < -0.39 is 0 Å². The lowest BCUT2D eigenvalue weighted by atomic mass is 9.88. The Hall–Kier alpha value is -2.70. The molecule has 2 aliphatic rings. The summed E-state index contributed by atoms with van der Waals surface area (Å²) < 4.78 is 8.46. The van der Waals surface area contributed by atoms with Crippen LogP contribution in [0.5, 0.6) is 0 Å². The van der Waals surface area contributed by atoms with Crippen molar-refractivity contribution in [2.45, 2.75) is 43.9 Å². The van der Waals surface area contributed by atoms with Crippen LogP contribution in [0.15, 0.2) is 54.9 Å².